The Morgan fingerprint density at radius 3 is 2.50 bits per heavy atom. The summed E-state index contributed by atoms with van der Waals surface area (Å²) in [5.41, 5.74) is 2.68. The number of nitrogens with one attached hydrogen (secondary N) is 1. The molecule has 1 unspecified atom stereocenters. The molecule has 1 aromatic rings. The van der Waals surface area contributed by atoms with Crippen LogP contribution in [0.3, 0.4) is 0 Å². The van der Waals surface area contributed by atoms with Crippen molar-refractivity contribution in [1.29, 1.82) is 0 Å². The van der Waals surface area contributed by atoms with Gasteiger partial charge in [-0.05, 0) is 24.6 Å². The monoisotopic (exact) mass is 417 g/mol. The first-order chi connectivity index (χ1) is 14.7. The van der Waals surface area contributed by atoms with Gasteiger partial charge in [0.1, 0.15) is 0 Å². The predicted molar refractivity (Wildman–Crippen MR) is 122 cm³/mol. The number of hydrogen-bond donors (Lipinski definition) is 1. The van der Waals surface area contributed by atoms with Crippen molar-refractivity contribution in [3.05, 3.63) is 35.4 Å². The molecule has 30 heavy (non-hydrogen) atoms. The number of methoxy groups -OCH3 is 1. The molecule has 2 heterocycles. The summed E-state index contributed by atoms with van der Waals surface area (Å²) in [4.78, 5) is 11.8. The Morgan fingerprint density at radius 2 is 1.80 bits per heavy atom. The first kappa shape index (κ1) is 23.0. The fourth-order valence-electron chi connectivity index (χ4n) is 4.09. The molecular weight excluding hydrogens is 378 g/mol. The highest BCUT2D eigenvalue weighted by Gasteiger charge is 2.24. The first-order valence-corrected chi connectivity index (χ1v) is 11.2. The molecule has 2 saturated heterocycles. The van der Waals surface area contributed by atoms with Crippen LogP contribution in [0.15, 0.2) is 29.3 Å². The number of rotatable bonds is 9. The highest BCUT2D eigenvalue weighted by molar-refractivity contribution is 5.80. The number of nitrogens with zero attached hydrogens (tertiary/aromatic N) is 4. The van der Waals surface area contributed by atoms with Gasteiger partial charge in [0.15, 0.2) is 5.96 Å². The molecule has 7 heteroatoms. The highest BCUT2D eigenvalue weighted by Crippen LogP contribution is 2.17. The number of aliphatic imine (C=N–C) groups is 1. The van der Waals surface area contributed by atoms with Gasteiger partial charge in [0, 0.05) is 72.4 Å². The Morgan fingerprint density at radius 1 is 1.07 bits per heavy atom. The number of guanidine groups is 1. The number of benzene rings is 1. The first-order valence-electron chi connectivity index (χ1n) is 11.2. The summed E-state index contributed by atoms with van der Waals surface area (Å²) < 4.78 is 10.7. The molecular formula is C23H39N5O2. The van der Waals surface area contributed by atoms with Gasteiger partial charge in [-0.2, -0.15) is 0 Å². The van der Waals surface area contributed by atoms with E-state index in [9.17, 15) is 0 Å². The van der Waals surface area contributed by atoms with Crippen molar-refractivity contribution in [2.75, 3.05) is 80.3 Å². The summed E-state index contributed by atoms with van der Waals surface area (Å²) in [5, 5.41) is 3.53. The lowest BCUT2D eigenvalue weighted by molar-refractivity contribution is 0.0536. The number of piperazine rings is 1. The van der Waals surface area contributed by atoms with Crippen LogP contribution in [-0.4, -0.2) is 101 Å². The maximum absolute atomic E-state index is 5.70. The second-order valence-electron chi connectivity index (χ2n) is 8.47. The summed E-state index contributed by atoms with van der Waals surface area (Å²) in [7, 11) is 5.77. The highest BCUT2D eigenvalue weighted by atomic mass is 16.5. The average Bonchev–Trinajstić information content (AvgIpc) is 3.23. The SMILES string of the molecule is CN=C(NCc1ccc(CN2CCN(C)CC2)cc1)N1CCC(COCCOC)C1. The van der Waals surface area contributed by atoms with Gasteiger partial charge < -0.3 is 24.6 Å². The Balaban J connectivity index is 1.39. The van der Waals surface area contributed by atoms with E-state index < -0.39 is 0 Å². The molecule has 3 rings (SSSR count). The third kappa shape index (κ3) is 7.23. The number of ether oxygens (including phenoxy) is 2. The van der Waals surface area contributed by atoms with Crippen LogP contribution in [0.5, 0.6) is 0 Å². The molecule has 2 aliphatic heterocycles. The van der Waals surface area contributed by atoms with Crippen molar-refractivity contribution < 1.29 is 9.47 Å². The van der Waals surface area contributed by atoms with Crippen LogP contribution in [0.1, 0.15) is 17.5 Å². The van der Waals surface area contributed by atoms with E-state index >= 15 is 0 Å². The molecule has 0 aromatic heterocycles. The lowest BCUT2D eigenvalue weighted by Gasteiger charge is -2.32. The smallest absolute Gasteiger partial charge is 0.193 e. The van der Waals surface area contributed by atoms with E-state index in [1.54, 1.807) is 7.11 Å². The number of hydrogen-bond acceptors (Lipinski definition) is 5. The Bertz CT molecular complexity index is 643. The van der Waals surface area contributed by atoms with Gasteiger partial charge in [0.2, 0.25) is 0 Å². The third-order valence-corrected chi connectivity index (χ3v) is 6.06. The number of likely N-dealkylation sites (N-methyl/N-ethyl adjacent to an activating group) is 1. The van der Waals surface area contributed by atoms with Gasteiger partial charge in [0.25, 0.3) is 0 Å². The minimum atomic E-state index is 0.564. The van der Waals surface area contributed by atoms with E-state index in [1.165, 1.54) is 11.1 Å². The van der Waals surface area contributed by atoms with E-state index in [0.717, 1.165) is 71.3 Å². The van der Waals surface area contributed by atoms with Gasteiger partial charge in [0.05, 0.1) is 19.8 Å². The topological polar surface area (TPSA) is 52.6 Å². The van der Waals surface area contributed by atoms with Crippen molar-refractivity contribution in [2.24, 2.45) is 10.9 Å². The van der Waals surface area contributed by atoms with Gasteiger partial charge in [-0.3, -0.25) is 9.89 Å². The minimum Gasteiger partial charge on any atom is -0.382 e. The van der Waals surface area contributed by atoms with Crippen LogP contribution in [0.2, 0.25) is 0 Å². The zero-order valence-corrected chi connectivity index (χ0v) is 19.0. The van der Waals surface area contributed by atoms with Gasteiger partial charge >= 0.3 is 0 Å². The lowest BCUT2D eigenvalue weighted by Crippen LogP contribution is -2.43. The van der Waals surface area contributed by atoms with Crippen LogP contribution in [0.4, 0.5) is 0 Å². The summed E-state index contributed by atoms with van der Waals surface area (Å²) >= 11 is 0. The van der Waals surface area contributed by atoms with E-state index in [-0.39, 0.29) is 0 Å². The Kier molecular flexibility index (Phi) is 9.39. The van der Waals surface area contributed by atoms with Crippen LogP contribution in [0.25, 0.3) is 0 Å². The van der Waals surface area contributed by atoms with Gasteiger partial charge in [-0.25, -0.2) is 0 Å². The fourth-order valence-corrected chi connectivity index (χ4v) is 4.09. The van der Waals surface area contributed by atoms with E-state index in [0.29, 0.717) is 19.1 Å². The molecule has 0 bridgehead atoms. The van der Waals surface area contributed by atoms with E-state index in [4.69, 9.17) is 9.47 Å². The summed E-state index contributed by atoms with van der Waals surface area (Å²) in [6.45, 7) is 10.6. The predicted octanol–water partition coefficient (Wildman–Crippen LogP) is 1.49. The molecule has 7 nitrogen and oxygen atoms in total. The fraction of sp³-hybridized carbons (Fsp3) is 0.696. The van der Waals surface area contributed by atoms with Crippen molar-refractivity contribution >= 4 is 5.96 Å². The molecule has 0 aliphatic carbocycles. The van der Waals surface area contributed by atoms with Crippen molar-refractivity contribution in [3.63, 3.8) is 0 Å². The second-order valence-corrected chi connectivity index (χ2v) is 8.47. The van der Waals surface area contributed by atoms with Crippen molar-refractivity contribution in [1.82, 2.24) is 20.0 Å². The molecule has 1 aromatic carbocycles. The van der Waals surface area contributed by atoms with Gasteiger partial charge in [-0.15, -0.1) is 0 Å². The Hall–Kier alpha value is -1.67. The number of likely N-dealkylation sites (tertiary alicyclic amines) is 1. The maximum Gasteiger partial charge on any atom is 0.193 e. The van der Waals surface area contributed by atoms with E-state index in [1.807, 2.05) is 7.05 Å². The second kappa shape index (κ2) is 12.2. The van der Waals surface area contributed by atoms with Crippen molar-refractivity contribution in [3.8, 4) is 0 Å². The summed E-state index contributed by atoms with van der Waals surface area (Å²) in [5.74, 6) is 1.55. The molecule has 168 valence electrons. The Labute approximate surface area is 182 Å². The lowest BCUT2D eigenvalue weighted by atomic mass is 10.1. The molecule has 0 saturated carbocycles. The summed E-state index contributed by atoms with van der Waals surface area (Å²) in [6, 6.07) is 9.01. The molecule has 2 aliphatic rings. The molecule has 2 fully saturated rings. The van der Waals surface area contributed by atoms with Crippen molar-refractivity contribution in [2.45, 2.75) is 19.5 Å². The summed E-state index contributed by atoms with van der Waals surface area (Å²) in [6.07, 6.45) is 1.15. The molecule has 0 spiro atoms. The quantitative estimate of drug-likeness (QED) is 0.373. The van der Waals surface area contributed by atoms with Gasteiger partial charge in [-0.1, -0.05) is 24.3 Å². The molecule has 0 amide bonds. The molecule has 1 atom stereocenters. The standard InChI is InChI=1S/C23H39N5O2/c1-24-23(28-9-8-22(18-28)19-30-15-14-29-3)25-16-20-4-6-21(7-5-20)17-27-12-10-26(2)11-13-27/h4-7,22H,8-19H2,1-3H3,(H,24,25). The minimum absolute atomic E-state index is 0.564. The van der Waals surface area contributed by atoms with E-state index in [2.05, 4.69) is 56.3 Å². The largest absolute Gasteiger partial charge is 0.382 e. The average molecular weight is 418 g/mol. The van der Waals surface area contributed by atoms with Crippen LogP contribution >= 0.6 is 0 Å². The normalized spacial score (nSPS) is 21.4. The zero-order chi connectivity index (χ0) is 21.2. The van der Waals surface area contributed by atoms with Crippen LogP contribution < -0.4 is 5.32 Å². The zero-order valence-electron chi connectivity index (χ0n) is 19.0. The molecule has 0 radical (unpaired) electrons. The maximum atomic E-state index is 5.70. The van der Waals surface area contributed by atoms with Crippen LogP contribution in [-0.2, 0) is 22.6 Å². The van der Waals surface area contributed by atoms with Crippen LogP contribution in [0, 0.1) is 5.92 Å². The molecule has 1 N–H and O–H groups in total. The third-order valence-electron chi connectivity index (χ3n) is 6.06.